The average molecular weight is 325 g/mol. The van der Waals surface area contributed by atoms with Gasteiger partial charge in [-0.1, -0.05) is 24.4 Å². The number of hydrogen-bond donors (Lipinski definition) is 2. The van der Waals surface area contributed by atoms with E-state index in [2.05, 4.69) is 5.32 Å². The Morgan fingerprint density at radius 1 is 1.32 bits per heavy atom. The number of rotatable bonds is 2. The van der Waals surface area contributed by atoms with Crippen LogP contribution in [-0.4, -0.2) is 24.7 Å². The molecular weight excluding hydrogens is 304 g/mol. The van der Waals surface area contributed by atoms with Gasteiger partial charge in [0.05, 0.1) is 16.6 Å². The lowest BCUT2D eigenvalue weighted by atomic mass is 9.74. The first-order chi connectivity index (χ1) is 10.5. The third kappa shape index (κ3) is 3.01. The third-order valence-electron chi connectivity index (χ3n) is 4.46. The summed E-state index contributed by atoms with van der Waals surface area (Å²) >= 11 is 6.23. The summed E-state index contributed by atoms with van der Waals surface area (Å²) in [6, 6.07) is 3.39. The molecule has 1 saturated carbocycles. The van der Waals surface area contributed by atoms with Gasteiger partial charge in [-0.3, -0.25) is 4.79 Å². The van der Waals surface area contributed by atoms with Gasteiger partial charge in [-0.05, 0) is 19.8 Å². The number of carbonyl (C=O) groups excluding carboxylic acids is 1. The zero-order chi connectivity index (χ0) is 15.7. The second-order valence-electron chi connectivity index (χ2n) is 6.27. The van der Waals surface area contributed by atoms with Crippen LogP contribution in [0.15, 0.2) is 12.1 Å². The molecule has 5 nitrogen and oxygen atoms in total. The number of carbonyl (C=O) groups is 1. The monoisotopic (exact) mass is 324 g/mol. The van der Waals surface area contributed by atoms with E-state index in [1.165, 1.54) is 0 Å². The van der Waals surface area contributed by atoms with Gasteiger partial charge in [0, 0.05) is 17.7 Å². The fraction of sp³-hybridized carbons (Fsp3) is 0.562. The molecule has 1 amide bonds. The number of nitrogens with two attached hydrogens (primary N) is 1. The zero-order valence-electron chi connectivity index (χ0n) is 12.7. The molecule has 1 aliphatic carbocycles. The van der Waals surface area contributed by atoms with Crippen molar-refractivity contribution >= 4 is 23.2 Å². The fourth-order valence-corrected chi connectivity index (χ4v) is 3.37. The molecule has 0 saturated heterocycles. The van der Waals surface area contributed by atoms with Crippen molar-refractivity contribution in [3.63, 3.8) is 0 Å². The summed E-state index contributed by atoms with van der Waals surface area (Å²) in [6.45, 7) is 2.94. The van der Waals surface area contributed by atoms with E-state index in [9.17, 15) is 4.79 Å². The smallest absolute Gasteiger partial charge is 0.229 e. The normalized spacial score (nSPS) is 27.3. The molecule has 2 unspecified atom stereocenters. The Hall–Kier alpha value is -1.46. The average Bonchev–Trinajstić information content (AvgIpc) is 2.47. The van der Waals surface area contributed by atoms with Crippen molar-refractivity contribution in [1.29, 1.82) is 0 Å². The molecule has 2 atom stereocenters. The van der Waals surface area contributed by atoms with Gasteiger partial charge in [-0.2, -0.15) is 0 Å². The van der Waals surface area contributed by atoms with Crippen molar-refractivity contribution in [2.24, 2.45) is 11.7 Å². The molecule has 120 valence electrons. The minimum atomic E-state index is -0.470. The van der Waals surface area contributed by atoms with Crippen molar-refractivity contribution < 1.29 is 14.3 Å². The van der Waals surface area contributed by atoms with E-state index in [-0.39, 0.29) is 11.8 Å². The molecule has 0 bridgehead atoms. The first kappa shape index (κ1) is 15.4. The fourth-order valence-electron chi connectivity index (χ4n) is 3.17. The van der Waals surface area contributed by atoms with Crippen molar-refractivity contribution in [2.45, 2.75) is 38.1 Å². The van der Waals surface area contributed by atoms with Crippen LogP contribution in [0.1, 0.15) is 32.6 Å². The van der Waals surface area contributed by atoms with Crippen LogP contribution in [0.3, 0.4) is 0 Å². The molecule has 3 rings (SSSR count). The predicted molar refractivity (Wildman–Crippen MR) is 85.6 cm³/mol. The van der Waals surface area contributed by atoms with Gasteiger partial charge in [0.1, 0.15) is 13.2 Å². The van der Waals surface area contributed by atoms with Gasteiger partial charge in [0.25, 0.3) is 0 Å². The highest BCUT2D eigenvalue weighted by Gasteiger charge is 2.38. The van der Waals surface area contributed by atoms with Crippen molar-refractivity contribution in [2.75, 3.05) is 18.5 Å². The van der Waals surface area contributed by atoms with Crippen LogP contribution in [0, 0.1) is 5.92 Å². The number of benzene rings is 1. The van der Waals surface area contributed by atoms with Crippen LogP contribution in [0.5, 0.6) is 11.5 Å². The molecule has 3 N–H and O–H groups in total. The zero-order valence-corrected chi connectivity index (χ0v) is 13.4. The summed E-state index contributed by atoms with van der Waals surface area (Å²) in [6.07, 6.45) is 3.77. The maximum absolute atomic E-state index is 12.6. The van der Waals surface area contributed by atoms with Crippen LogP contribution < -0.4 is 20.5 Å². The maximum atomic E-state index is 12.6. The lowest BCUT2D eigenvalue weighted by Crippen LogP contribution is -2.51. The number of amides is 1. The van der Waals surface area contributed by atoms with E-state index in [0.29, 0.717) is 35.4 Å². The number of nitrogens with one attached hydrogen (secondary N) is 1. The molecule has 6 heteroatoms. The summed E-state index contributed by atoms with van der Waals surface area (Å²) in [5, 5.41) is 3.34. The molecule has 0 aromatic heterocycles. The molecule has 22 heavy (non-hydrogen) atoms. The number of fused-ring (bicyclic) bond motifs is 1. The van der Waals surface area contributed by atoms with Crippen LogP contribution in [0.2, 0.25) is 5.02 Å². The summed E-state index contributed by atoms with van der Waals surface area (Å²) in [5.74, 6) is 0.925. The van der Waals surface area contributed by atoms with Crippen LogP contribution in [-0.2, 0) is 4.79 Å². The molecule has 1 aliphatic heterocycles. The Balaban J connectivity index is 1.79. The van der Waals surface area contributed by atoms with E-state index in [0.717, 1.165) is 25.7 Å². The van der Waals surface area contributed by atoms with Crippen molar-refractivity contribution in [3.05, 3.63) is 17.2 Å². The van der Waals surface area contributed by atoms with Crippen molar-refractivity contribution in [1.82, 2.24) is 0 Å². The topological polar surface area (TPSA) is 73.6 Å². The number of ether oxygens (including phenoxy) is 2. The molecule has 1 aromatic rings. The lowest BCUT2D eigenvalue weighted by molar-refractivity contribution is -0.122. The van der Waals surface area contributed by atoms with Crippen molar-refractivity contribution in [3.8, 4) is 11.5 Å². The Kier molecular flexibility index (Phi) is 4.19. The van der Waals surface area contributed by atoms with Crippen LogP contribution in [0.4, 0.5) is 5.69 Å². The Morgan fingerprint density at radius 2 is 2.00 bits per heavy atom. The maximum Gasteiger partial charge on any atom is 0.229 e. The summed E-state index contributed by atoms with van der Waals surface area (Å²) < 4.78 is 11.0. The predicted octanol–water partition coefficient (Wildman–Crippen LogP) is 2.96. The van der Waals surface area contributed by atoms with Gasteiger partial charge >= 0.3 is 0 Å². The Labute approximate surface area is 135 Å². The lowest BCUT2D eigenvalue weighted by Gasteiger charge is -2.37. The molecule has 1 aromatic carbocycles. The molecule has 0 radical (unpaired) electrons. The van der Waals surface area contributed by atoms with Gasteiger partial charge in [-0.25, -0.2) is 0 Å². The number of halogens is 1. The minimum absolute atomic E-state index is 0.0803. The first-order valence-electron chi connectivity index (χ1n) is 7.66. The van der Waals surface area contributed by atoms with Gasteiger partial charge in [0.2, 0.25) is 5.91 Å². The molecular formula is C16H21ClN2O3. The van der Waals surface area contributed by atoms with Crippen LogP contribution >= 0.6 is 11.6 Å². The quantitative estimate of drug-likeness (QED) is 0.877. The Morgan fingerprint density at radius 3 is 2.68 bits per heavy atom. The second kappa shape index (κ2) is 5.97. The summed E-state index contributed by atoms with van der Waals surface area (Å²) in [4.78, 5) is 12.6. The SMILES string of the molecule is CC1(N)CCCCC1C(=O)Nc1cc2c(cc1Cl)OCCO2. The van der Waals surface area contributed by atoms with Gasteiger partial charge < -0.3 is 20.5 Å². The molecule has 1 heterocycles. The van der Waals surface area contributed by atoms with Crippen LogP contribution in [0.25, 0.3) is 0 Å². The minimum Gasteiger partial charge on any atom is -0.486 e. The Bertz CT molecular complexity index is 589. The van der Waals surface area contributed by atoms with E-state index in [1.54, 1.807) is 12.1 Å². The highest BCUT2D eigenvalue weighted by molar-refractivity contribution is 6.34. The standard InChI is InChI=1S/C16H21ClN2O3/c1-16(18)5-3-2-4-10(16)15(20)19-12-9-14-13(8-11(12)17)21-6-7-22-14/h8-10H,2-7,18H2,1H3,(H,19,20). The number of anilines is 1. The summed E-state index contributed by atoms with van der Waals surface area (Å²) in [7, 11) is 0. The van der Waals surface area contributed by atoms with Gasteiger partial charge in [-0.15, -0.1) is 0 Å². The first-order valence-corrected chi connectivity index (χ1v) is 8.04. The summed E-state index contributed by atoms with van der Waals surface area (Å²) in [5.41, 5.74) is 6.36. The van der Waals surface area contributed by atoms with E-state index < -0.39 is 5.54 Å². The second-order valence-corrected chi connectivity index (χ2v) is 6.68. The third-order valence-corrected chi connectivity index (χ3v) is 4.77. The molecule has 0 spiro atoms. The van der Waals surface area contributed by atoms with E-state index in [4.69, 9.17) is 26.8 Å². The molecule has 2 aliphatic rings. The van der Waals surface area contributed by atoms with E-state index in [1.807, 2.05) is 6.92 Å². The van der Waals surface area contributed by atoms with E-state index >= 15 is 0 Å². The highest BCUT2D eigenvalue weighted by atomic mass is 35.5. The molecule has 1 fully saturated rings. The van der Waals surface area contributed by atoms with Gasteiger partial charge in [0.15, 0.2) is 11.5 Å². The highest BCUT2D eigenvalue weighted by Crippen LogP contribution is 2.39. The number of hydrogen-bond acceptors (Lipinski definition) is 4. The largest absolute Gasteiger partial charge is 0.486 e.